The molecule has 3 rings (SSSR count). The summed E-state index contributed by atoms with van der Waals surface area (Å²) in [6.45, 7) is 0.360. The Hall–Kier alpha value is -3.15. The van der Waals surface area contributed by atoms with Crippen LogP contribution in [0.5, 0.6) is 5.75 Å². The molecule has 6 nitrogen and oxygen atoms in total. The second-order valence-corrected chi connectivity index (χ2v) is 4.74. The lowest BCUT2D eigenvalue weighted by Gasteiger charge is -2.07. The Bertz CT molecular complexity index is 888. The highest BCUT2D eigenvalue weighted by Crippen LogP contribution is 2.19. The smallest absolute Gasteiger partial charge is 0.332 e. The van der Waals surface area contributed by atoms with Crippen molar-refractivity contribution in [2.75, 3.05) is 0 Å². The Balaban J connectivity index is 1.93. The molecule has 0 spiro atoms. The molecule has 2 aromatic carbocycles. The molecule has 0 radical (unpaired) electrons. The van der Waals surface area contributed by atoms with Crippen LogP contribution in [-0.2, 0) is 6.61 Å². The highest BCUT2D eigenvalue weighted by atomic mass is 16.6. The summed E-state index contributed by atoms with van der Waals surface area (Å²) in [4.78, 5) is 24.9. The van der Waals surface area contributed by atoms with Crippen molar-refractivity contribution in [3.05, 3.63) is 80.6 Å². The maximum Gasteiger partial charge on any atom is 0.332 e. The topological polar surface area (TPSA) is 85.2 Å². The number of nitrogens with one attached hydrogen (secondary N) is 1. The maximum absolute atomic E-state index is 12.1. The van der Waals surface area contributed by atoms with Gasteiger partial charge in [0.05, 0.1) is 16.5 Å². The molecule has 0 aliphatic heterocycles. The van der Waals surface area contributed by atoms with Crippen LogP contribution in [0.4, 0.5) is 5.69 Å². The first kappa shape index (κ1) is 13.8. The number of benzene rings is 2. The zero-order valence-electron chi connectivity index (χ0n) is 11.5. The van der Waals surface area contributed by atoms with Crippen molar-refractivity contribution >= 4 is 16.6 Å². The summed E-state index contributed by atoms with van der Waals surface area (Å²) >= 11 is 0. The van der Waals surface area contributed by atoms with E-state index in [9.17, 15) is 14.9 Å². The van der Waals surface area contributed by atoms with Crippen LogP contribution in [-0.4, -0.2) is 9.91 Å². The van der Waals surface area contributed by atoms with Crippen molar-refractivity contribution in [1.29, 1.82) is 0 Å². The Labute approximate surface area is 125 Å². The van der Waals surface area contributed by atoms with E-state index in [0.29, 0.717) is 17.9 Å². The lowest BCUT2D eigenvalue weighted by Crippen LogP contribution is -2.09. The molecular weight excluding hydrogens is 284 g/mol. The third-order valence-electron chi connectivity index (χ3n) is 3.28. The first-order valence-electron chi connectivity index (χ1n) is 6.62. The minimum absolute atomic E-state index is 0.236. The molecule has 0 aliphatic carbocycles. The molecule has 0 amide bonds. The average Bonchev–Trinajstić information content (AvgIpc) is 2.54. The van der Waals surface area contributed by atoms with E-state index in [4.69, 9.17) is 4.74 Å². The van der Waals surface area contributed by atoms with E-state index in [2.05, 4.69) is 4.98 Å². The molecule has 0 fully saturated rings. The predicted octanol–water partition coefficient (Wildman–Crippen LogP) is 3.02. The molecule has 0 saturated heterocycles. The third-order valence-corrected chi connectivity index (χ3v) is 3.28. The van der Waals surface area contributed by atoms with E-state index in [-0.39, 0.29) is 5.39 Å². The van der Waals surface area contributed by atoms with Gasteiger partial charge in [0.25, 0.3) is 5.43 Å². The van der Waals surface area contributed by atoms with Crippen molar-refractivity contribution in [3.8, 4) is 5.75 Å². The lowest BCUT2D eigenvalue weighted by atomic mass is 10.2. The van der Waals surface area contributed by atoms with Crippen LogP contribution >= 0.6 is 0 Å². The number of H-pyrrole nitrogens is 1. The average molecular weight is 296 g/mol. The van der Waals surface area contributed by atoms with Crippen molar-refractivity contribution in [2.45, 2.75) is 6.61 Å². The van der Waals surface area contributed by atoms with Gasteiger partial charge in [0, 0.05) is 5.52 Å². The second kappa shape index (κ2) is 5.69. The monoisotopic (exact) mass is 296 g/mol. The van der Waals surface area contributed by atoms with E-state index in [1.54, 1.807) is 12.1 Å². The number of nitrogens with zero attached hydrogens (tertiary/aromatic N) is 1. The van der Waals surface area contributed by atoms with Crippen molar-refractivity contribution in [1.82, 2.24) is 4.98 Å². The minimum Gasteiger partial charge on any atom is -0.489 e. The van der Waals surface area contributed by atoms with Gasteiger partial charge in [-0.25, -0.2) is 0 Å². The fourth-order valence-corrected chi connectivity index (χ4v) is 2.15. The lowest BCUT2D eigenvalue weighted by molar-refractivity contribution is -0.386. The Morgan fingerprint density at radius 1 is 1.14 bits per heavy atom. The largest absolute Gasteiger partial charge is 0.489 e. The molecule has 0 aliphatic rings. The number of rotatable bonds is 4. The second-order valence-electron chi connectivity index (χ2n) is 4.74. The molecule has 0 unspecified atom stereocenters. The van der Waals surface area contributed by atoms with Gasteiger partial charge in [-0.3, -0.25) is 14.9 Å². The van der Waals surface area contributed by atoms with Gasteiger partial charge in [0.2, 0.25) is 0 Å². The summed E-state index contributed by atoms with van der Waals surface area (Å²) in [6.07, 6.45) is 1.11. The quantitative estimate of drug-likeness (QED) is 0.592. The zero-order chi connectivity index (χ0) is 15.5. The molecule has 1 aromatic heterocycles. The molecule has 3 aromatic rings. The molecule has 22 heavy (non-hydrogen) atoms. The molecule has 110 valence electrons. The number of hydrogen-bond acceptors (Lipinski definition) is 4. The summed E-state index contributed by atoms with van der Waals surface area (Å²) in [7, 11) is 0. The molecule has 0 atom stereocenters. The van der Waals surface area contributed by atoms with Gasteiger partial charge in [-0.1, -0.05) is 30.3 Å². The van der Waals surface area contributed by atoms with Crippen molar-refractivity contribution < 1.29 is 9.66 Å². The molecule has 6 heteroatoms. The van der Waals surface area contributed by atoms with Crippen LogP contribution in [0.15, 0.2) is 59.5 Å². The van der Waals surface area contributed by atoms with Crippen molar-refractivity contribution in [2.24, 2.45) is 0 Å². The minimum atomic E-state index is -0.699. The van der Waals surface area contributed by atoms with Crippen LogP contribution in [0, 0.1) is 10.1 Å². The molecule has 1 N–H and O–H groups in total. The van der Waals surface area contributed by atoms with E-state index in [1.165, 1.54) is 6.07 Å². The highest BCUT2D eigenvalue weighted by Gasteiger charge is 2.15. The van der Waals surface area contributed by atoms with Crippen LogP contribution < -0.4 is 10.2 Å². The summed E-state index contributed by atoms with van der Waals surface area (Å²) in [5.74, 6) is 0.488. The first-order chi connectivity index (χ1) is 10.6. The number of aromatic nitrogens is 1. The van der Waals surface area contributed by atoms with Crippen molar-refractivity contribution in [3.63, 3.8) is 0 Å². The predicted molar refractivity (Wildman–Crippen MR) is 82.0 cm³/mol. The van der Waals surface area contributed by atoms with Gasteiger partial charge in [0.15, 0.2) is 0 Å². The Morgan fingerprint density at radius 2 is 1.91 bits per heavy atom. The number of fused-ring (bicyclic) bond motifs is 1. The van der Waals surface area contributed by atoms with Gasteiger partial charge < -0.3 is 9.72 Å². The van der Waals surface area contributed by atoms with Crippen LogP contribution in [0.2, 0.25) is 0 Å². The summed E-state index contributed by atoms with van der Waals surface area (Å²) in [5, 5.41) is 11.1. The fourth-order valence-electron chi connectivity index (χ4n) is 2.15. The van der Waals surface area contributed by atoms with E-state index in [1.807, 2.05) is 30.3 Å². The number of hydrogen-bond donors (Lipinski definition) is 1. The number of aromatic amines is 1. The van der Waals surface area contributed by atoms with Gasteiger partial charge in [0.1, 0.15) is 12.4 Å². The number of pyridine rings is 1. The number of nitro groups is 1. The molecule has 0 saturated carbocycles. The number of ether oxygens (including phenoxy) is 1. The fraction of sp³-hybridized carbons (Fsp3) is 0.0625. The van der Waals surface area contributed by atoms with Gasteiger partial charge in [-0.05, 0) is 23.8 Å². The molecular formula is C16H12N2O4. The van der Waals surface area contributed by atoms with E-state index in [0.717, 1.165) is 11.8 Å². The Kier molecular flexibility index (Phi) is 3.57. The van der Waals surface area contributed by atoms with Crippen LogP contribution in [0.3, 0.4) is 0 Å². The maximum atomic E-state index is 12.1. The highest BCUT2D eigenvalue weighted by molar-refractivity contribution is 5.81. The van der Waals surface area contributed by atoms with Gasteiger partial charge in [-0.15, -0.1) is 0 Å². The standard InChI is InChI=1S/C16H12N2O4/c19-16-13-8-12(22-10-11-4-2-1-3-5-11)6-7-14(13)17-9-15(16)18(20)21/h1-9H,10H2,(H,17,19). The zero-order valence-corrected chi connectivity index (χ0v) is 11.5. The van der Waals surface area contributed by atoms with Crippen LogP contribution in [0.1, 0.15) is 5.56 Å². The SMILES string of the molecule is O=c1c([N+](=O)[O-])c[nH]c2ccc(OCc3ccccc3)cc12. The normalized spacial score (nSPS) is 10.5. The van der Waals surface area contributed by atoms with Gasteiger partial charge >= 0.3 is 5.69 Å². The van der Waals surface area contributed by atoms with Gasteiger partial charge in [-0.2, -0.15) is 0 Å². The Morgan fingerprint density at radius 3 is 2.64 bits per heavy atom. The summed E-state index contributed by atoms with van der Waals surface area (Å²) < 4.78 is 5.63. The third kappa shape index (κ3) is 2.67. The molecule has 0 bridgehead atoms. The van der Waals surface area contributed by atoms with Crippen LogP contribution in [0.25, 0.3) is 10.9 Å². The van der Waals surface area contributed by atoms with E-state index < -0.39 is 16.0 Å². The summed E-state index contributed by atoms with van der Waals surface area (Å²) in [6, 6.07) is 14.5. The van der Waals surface area contributed by atoms with E-state index >= 15 is 0 Å². The molecule has 1 heterocycles. The first-order valence-corrected chi connectivity index (χ1v) is 6.62. The summed E-state index contributed by atoms with van der Waals surface area (Å²) in [5.41, 5.74) is 0.426.